The summed E-state index contributed by atoms with van der Waals surface area (Å²) >= 11 is 0. The first-order chi connectivity index (χ1) is 20.4. The molecule has 2 aliphatic carbocycles. The van der Waals surface area contributed by atoms with Crippen molar-refractivity contribution in [3.63, 3.8) is 0 Å². The van der Waals surface area contributed by atoms with Crippen molar-refractivity contribution in [2.75, 3.05) is 13.2 Å². The normalized spacial score (nSPS) is 20.1. The van der Waals surface area contributed by atoms with Gasteiger partial charge in [-0.25, -0.2) is 8.78 Å². The zero-order valence-corrected chi connectivity index (χ0v) is 23.5. The highest BCUT2D eigenvalue weighted by atomic mass is 19.1. The molecule has 0 amide bonds. The van der Waals surface area contributed by atoms with E-state index in [0.717, 1.165) is 46.5 Å². The van der Waals surface area contributed by atoms with Crippen LogP contribution in [0.1, 0.15) is 49.7 Å². The fourth-order valence-electron chi connectivity index (χ4n) is 4.98. The Kier molecular flexibility index (Phi) is 9.00. The minimum atomic E-state index is -0.259. The molecule has 6 nitrogen and oxygen atoms in total. The second-order valence-electron chi connectivity index (χ2n) is 10.4. The van der Waals surface area contributed by atoms with Crippen LogP contribution in [0.2, 0.25) is 0 Å². The van der Waals surface area contributed by atoms with E-state index in [2.05, 4.69) is 9.97 Å². The molecule has 2 aromatic carbocycles. The maximum absolute atomic E-state index is 12.9. The maximum atomic E-state index is 12.9. The molecule has 0 unspecified atom stereocenters. The Labute approximate surface area is 243 Å². The van der Waals surface area contributed by atoms with Crippen LogP contribution in [-0.2, 0) is 19.1 Å². The average molecular weight is 571 g/mol. The predicted molar refractivity (Wildman–Crippen MR) is 154 cm³/mol. The molecule has 0 N–H and O–H groups in total. The Balaban J connectivity index is 0.000000168. The largest absolute Gasteiger partial charge is 0.466 e. The zero-order chi connectivity index (χ0) is 29.6. The van der Waals surface area contributed by atoms with Gasteiger partial charge in [0.15, 0.2) is 0 Å². The quantitative estimate of drug-likeness (QED) is 0.210. The smallest absolute Gasteiger partial charge is 0.309 e. The Morgan fingerprint density at radius 3 is 1.33 bits per heavy atom. The summed E-state index contributed by atoms with van der Waals surface area (Å²) in [5.41, 5.74) is 5.46. The SMILES string of the molecule is CCOC(=O)[C@@H]1C[C@H]1c1ccc(-c2ccc(F)cc2)nc1.CCOC(=O)[C@H]1C[C@@H]1c1ccc(-c2ccc(F)cc2)nc1. The summed E-state index contributed by atoms with van der Waals surface area (Å²) in [5.74, 6) is -0.365. The number of halogens is 2. The molecule has 0 bridgehead atoms. The van der Waals surface area contributed by atoms with Crippen molar-refractivity contribution in [3.05, 3.63) is 108 Å². The second kappa shape index (κ2) is 13.0. The van der Waals surface area contributed by atoms with E-state index in [-0.39, 0.29) is 47.2 Å². The van der Waals surface area contributed by atoms with Gasteiger partial charge in [0, 0.05) is 23.5 Å². The van der Waals surface area contributed by atoms with Gasteiger partial charge in [0.1, 0.15) is 11.6 Å². The van der Waals surface area contributed by atoms with Gasteiger partial charge in [-0.05, 0) is 110 Å². The molecular formula is C34H32F2N2O4. The van der Waals surface area contributed by atoms with E-state index in [1.54, 1.807) is 36.7 Å². The van der Waals surface area contributed by atoms with Crippen molar-refractivity contribution in [2.45, 2.75) is 38.5 Å². The number of ether oxygens (including phenoxy) is 2. The molecule has 0 radical (unpaired) electrons. The number of carbonyl (C=O) groups excluding carboxylic acids is 2. The number of aromatic nitrogens is 2. The minimum absolute atomic E-state index is 0.0246. The predicted octanol–water partition coefficient (Wildman–Crippen LogP) is 7.11. The average Bonchev–Trinajstić information content (AvgIpc) is 3.94. The van der Waals surface area contributed by atoms with Crippen molar-refractivity contribution in [1.29, 1.82) is 0 Å². The van der Waals surface area contributed by atoms with Gasteiger partial charge in [-0.1, -0.05) is 12.1 Å². The van der Waals surface area contributed by atoms with E-state index in [1.165, 1.54) is 24.3 Å². The van der Waals surface area contributed by atoms with Crippen molar-refractivity contribution >= 4 is 11.9 Å². The Hall–Kier alpha value is -4.46. The molecule has 6 rings (SSSR count). The number of pyridine rings is 2. The van der Waals surface area contributed by atoms with Gasteiger partial charge >= 0.3 is 11.9 Å². The lowest BCUT2D eigenvalue weighted by Crippen LogP contribution is -2.07. The van der Waals surface area contributed by atoms with Crippen LogP contribution in [0.4, 0.5) is 8.78 Å². The number of benzene rings is 2. The van der Waals surface area contributed by atoms with E-state index < -0.39 is 0 Å². The molecule has 2 aromatic heterocycles. The highest BCUT2D eigenvalue weighted by Gasteiger charge is 2.46. The van der Waals surface area contributed by atoms with Gasteiger partial charge in [0.2, 0.25) is 0 Å². The number of hydrogen-bond donors (Lipinski definition) is 0. The minimum Gasteiger partial charge on any atom is -0.466 e. The summed E-state index contributed by atoms with van der Waals surface area (Å²) in [6, 6.07) is 20.3. The Morgan fingerprint density at radius 1 is 0.643 bits per heavy atom. The van der Waals surface area contributed by atoms with Crippen LogP contribution >= 0.6 is 0 Å². The summed E-state index contributed by atoms with van der Waals surface area (Å²) in [4.78, 5) is 32.1. The van der Waals surface area contributed by atoms with Crippen LogP contribution in [0.3, 0.4) is 0 Å². The van der Waals surface area contributed by atoms with Crippen molar-refractivity contribution in [3.8, 4) is 22.5 Å². The molecule has 2 aliphatic rings. The fraction of sp³-hybridized carbons (Fsp3) is 0.294. The fourth-order valence-corrected chi connectivity index (χ4v) is 4.98. The highest BCUT2D eigenvalue weighted by Crippen LogP contribution is 2.49. The molecule has 42 heavy (non-hydrogen) atoms. The summed E-state index contributed by atoms with van der Waals surface area (Å²) in [6.45, 7) is 4.47. The molecule has 0 spiro atoms. The van der Waals surface area contributed by atoms with E-state index in [9.17, 15) is 18.4 Å². The topological polar surface area (TPSA) is 78.4 Å². The molecule has 0 saturated heterocycles. The number of esters is 2. The van der Waals surface area contributed by atoms with Gasteiger partial charge in [0.25, 0.3) is 0 Å². The summed E-state index contributed by atoms with van der Waals surface area (Å²) in [5, 5.41) is 0. The molecule has 4 aromatic rings. The number of carbonyl (C=O) groups is 2. The van der Waals surface area contributed by atoms with Gasteiger partial charge in [0.05, 0.1) is 36.4 Å². The van der Waals surface area contributed by atoms with E-state index in [0.29, 0.717) is 13.2 Å². The zero-order valence-electron chi connectivity index (χ0n) is 23.5. The molecule has 0 aliphatic heterocycles. The molecule has 2 saturated carbocycles. The molecule has 2 fully saturated rings. The van der Waals surface area contributed by atoms with Crippen LogP contribution in [0, 0.1) is 23.5 Å². The Bertz CT molecular complexity index is 1390. The third-order valence-corrected chi connectivity index (χ3v) is 7.47. The van der Waals surface area contributed by atoms with Crippen LogP contribution in [0.15, 0.2) is 85.2 Å². The van der Waals surface area contributed by atoms with E-state index in [1.807, 2.05) is 38.1 Å². The third-order valence-electron chi connectivity index (χ3n) is 7.47. The molecular weight excluding hydrogens is 538 g/mol. The lowest BCUT2D eigenvalue weighted by atomic mass is 10.1. The summed E-state index contributed by atoms with van der Waals surface area (Å²) in [7, 11) is 0. The lowest BCUT2D eigenvalue weighted by molar-refractivity contribution is -0.145. The van der Waals surface area contributed by atoms with Gasteiger partial charge in [-0.3, -0.25) is 19.6 Å². The summed E-state index contributed by atoms with van der Waals surface area (Å²) in [6.07, 6.45) is 5.25. The van der Waals surface area contributed by atoms with Gasteiger partial charge < -0.3 is 9.47 Å². The van der Waals surface area contributed by atoms with Crippen molar-refractivity contribution < 1.29 is 27.8 Å². The first kappa shape index (κ1) is 29.0. The van der Waals surface area contributed by atoms with Gasteiger partial charge in [-0.15, -0.1) is 0 Å². The van der Waals surface area contributed by atoms with Crippen molar-refractivity contribution in [2.24, 2.45) is 11.8 Å². The van der Waals surface area contributed by atoms with Crippen LogP contribution < -0.4 is 0 Å². The second-order valence-corrected chi connectivity index (χ2v) is 10.4. The molecule has 8 heteroatoms. The molecule has 216 valence electrons. The molecule has 4 atom stereocenters. The first-order valence-electron chi connectivity index (χ1n) is 14.1. The summed E-state index contributed by atoms with van der Waals surface area (Å²) < 4.78 is 35.8. The first-order valence-corrected chi connectivity index (χ1v) is 14.1. The van der Waals surface area contributed by atoms with Crippen molar-refractivity contribution in [1.82, 2.24) is 9.97 Å². The van der Waals surface area contributed by atoms with Crippen LogP contribution in [-0.4, -0.2) is 35.1 Å². The number of nitrogens with zero attached hydrogens (tertiary/aromatic N) is 2. The van der Waals surface area contributed by atoms with Crippen LogP contribution in [0.5, 0.6) is 0 Å². The standard InChI is InChI=1S/2C17H16FNO2/c2*1-2-21-17(20)15-9-14(15)12-5-8-16(19-10-12)11-3-6-13(18)7-4-11/h2*3-8,10,14-15H,2,9H2,1H3/t2*14-,15+/m10/s1. The number of rotatable bonds is 8. The Morgan fingerprint density at radius 2 is 1.02 bits per heavy atom. The third kappa shape index (κ3) is 7.05. The van der Waals surface area contributed by atoms with Gasteiger partial charge in [-0.2, -0.15) is 0 Å². The maximum Gasteiger partial charge on any atom is 0.309 e. The number of hydrogen-bond acceptors (Lipinski definition) is 6. The van der Waals surface area contributed by atoms with E-state index >= 15 is 0 Å². The monoisotopic (exact) mass is 570 g/mol. The van der Waals surface area contributed by atoms with Crippen LogP contribution in [0.25, 0.3) is 22.5 Å². The lowest BCUT2D eigenvalue weighted by Gasteiger charge is -2.04. The molecule has 2 heterocycles. The van der Waals surface area contributed by atoms with E-state index in [4.69, 9.17) is 9.47 Å². The highest BCUT2D eigenvalue weighted by molar-refractivity contribution is 5.78.